The van der Waals surface area contributed by atoms with E-state index in [1.165, 1.54) is 0 Å². The van der Waals surface area contributed by atoms with Gasteiger partial charge in [0.15, 0.2) is 0 Å². The lowest BCUT2D eigenvalue weighted by molar-refractivity contribution is 0.0537. The molecular formula is C21H17ClN4O5. The number of primary amides is 1. The van der Waals surface area contributed by atoms with Gasteiger partial charge in [0.25, 0.3) is 11.8 Å². The molecule has 0 aliphatic carbocycles. The van der Waals surface area contributed by atoms with Crippen LogP contribution in [-0.4, -0.2) is 39.6 Å². The first-order chi connectivity index (χ1) is 15.0. The number of aromatic nitrogens is 2. The molecule has 1 aliphatic rings. The van der Waals surface area contributed by atoms with E-state index in [0.29, 0.717) is 28.1 Å². The van der Waals surface area contributed by atoms with Crippen LogP contribution in [0.4, 0.5) is 4.79 Å². The zero-order valence-corrected chi connectivity index (χ0v) is 16.9. The topological polar surface area (TPSA) is 129 Å². The first kappa shape index (κ1) is 20.5. The molecule has 10 heteroatoms. The number of amides is 3. The molecule has 2 aromatic carbocycles. The summed E-state index contributed by atoms with van der Waals surface area (Å²) >= 11 is 5.92. The van der Waals surface area contributed by atoms with E-state index in [1.807, 2.05) is 0 Å². The van der Waals surface area contributed by atoms with Crippen molar-refractivity contribution in [3.05, 3.63) is 70.6 Å². The van der Waals surface area contributed by atoms with E-state index in [4.69, 9.17) is 26.5 Å². The molecule has 3 aromatic rings. The molecule has 0 saturated heterocycles. The molecule has 1 aliphatic heterocycles. The highest BCUT2D eigenvalue weighted by molar-refractivity contribution is 6.30. The Kier molecular flexibility index (Phi) is 5.68. The van der Waals surface area contributed by atoms with Crippen molar-refractivity contribution in [1.82, 2.24) is 15.1 Å². The second-order valence-corrected chi connectivity index (χ2v) is 7.24. The molecule has 9 nitrogen and oxygen atoms in total. The zero-order valence-electron chi connectivity index (χ0n) is 16.2. The van der Waals surface area contributed by atoms with Crippen LogP contribution in [-0.2, 0) is 4.74 Å². The maximum absolute atomic E-state index is 13.0. The zero-order chi connectivity index (χ0) is 22.0. The monoisotopic (exact) mass is 440 g/mol. The van der Waals surface area contributed by atoms with Crippen molar-refractivity contribution in [3.8, 4) is 11.5 Å². The summed E-state index contributed by atoms with van der Waals surface area (Å²) in [5.41, 5.74) is 6.25. The lowest BCUT2D eigenvalue weighted by Crippen LogP contribution is -2.34. The molecule has 0 saturated carbocycles. The number of hydrogen-bond donors (Lipinski definition) is 1. The van der Waals surface area contributed by atoms with Gasteiger partial charge in [0.1, 0.15) is 6.04 Å². The number of carbonyl (C=O) groups is 3. The molecule has 3 amide bonds. The summed E-state index contributed by atoms with van der Waals surface area (Å²) in [5, 5.41) is 8.68. The summed E-state index contributed by atoms with van der Waals surface area (Å²) in [6.45, 7) is 0.0210. The number of benzene rings is 2. The van der Waals surface area contributed by atoms with Crippen LogP contribution in [0.5, 0.6) is 0 Å². The molecule has 1 aromatic heterocycles. The number of fused-ring (bicyclic) bond motifs is 1. The van der Waals surface area contributed by atoms with Gasteiger partial charge in [-0.15, -0.1) is 10.2 Å². The van der Waals surface area contributed by atoms with Crippen LogP contribution in [0.15, 0.2) is 52.9 Å². The third-order valence-corrected chi connectivity index (χ3v) is 5.07. The average Bonchev–Trinajstić information content (AvgIpc) is 3.34. The van der Waals surface area contributed by atoms with Crippen molar-refractivity contribution in [3.63, 3.8) is 0 Å². The van der Waals surface area contributed by atoms with E-state index in [9.17, 15) is 14.4 Å². The molecule has 31 heavy (non-hydrogen) atoms. The van der Waals surface area contributed by atoms with Crippen LogP contribution >= 0.6 is 11.6 Å². The van der Waals surface area contributed by atoms with Crippen LogP contribution in [0.2, 0.25) is 5.02 Å². The van der Waals surface area contributed by atoms with E-state index in [-0.39, 0.29) is 24.8 Å². The van der Waals surface area contributed by atoms with E-state index in [0.717, 1.165) is 4.90 Å². The SMILES string of the molecule is NC(=O)OCCC[C@@H](c1nnc(-c2ccc(Cl)cc2)o1)N1C(=O)c2ccccc2C1=O. The first-order valence-corrected chi connectivity index (χ1v) is 9.82. The Morgan fingerprint density at radius 1 is 1.06 bits per heavy atom. The fraction of sp³-hybridized carbons (Fsp3) is 0.190. The van der Waals surface area contributed by atoms with Crippen molar-refractivity contribution in [1.29, 1.82) is 0 Å². The van der Waals surface area contributed by atoms with Gasteiger partial charge in [0, 0.05) is 10.6 Å². The third kappa shape index (κ3) is 4.13. The Bertz CT molecular complexity index is 1110. The van der Waals surface area contributed by atoms with Gasteiger partial charge in [-0.2, -0.15) is 0 Å². The molecule has 4 rings (SSSR count). The van der Waals surface area contributed by atoms with Crippen molar-refractivity contribution >= 4 is 29.5 Å². The summed E-state index contributed by atoms with van der Waals surface area (Å²) < 4.78 is 10.6. The van der Waals surface area contributed by atoms with Crippen LogP contribution in [0.1, 0.15) is 45.5 Å². The van der Waals surface area contributed by atoms with Gasteiger partial charge in [-0.3, -0.25) is 14.5 Å². The quantitative estimate of drug-likeness (QED) is 0.439. The number of nitrogens with zero attached hydrogens (tertiary/aromatic N) is 3. The normalized spacial score (nSPS) is 13.9. The molecule has 158 valence electrons. The lowest BCUT2D eigenvalue weighted by Gasteiger charge is -2.23. The maximum atomic E-state index is 13.0. The number of carbonyl (C=O) groups excluding carboxylic acids is 3. The van der Waals surface area contributed by atoms with Gasteiger partial charge in [-0.05, 0) is 49.2 Å². The number of halogens is 1. The molecule has 2 heterocycles. The Morgan fingerprint density at radius 2 is 1.71 bits per heavy atom. The molecule has 0 radical (unpaired) electrons. The summed E-state index contributed by atoms with van der Waals surface area (Å²) in [6.07, 6.45) is -0.346. The molecule has 0 bridgehead atoms. The summed E-state index contributed by atoms with van der Waals surface area (Å²) in [7, 11) is 0. The highest BCUT2D eigenvalue weighted by atomic mass is 35.5. The summed E-state index contributed by atoms with van der Waals surface area (Å²) in [5.74, 6) is -0.583. The van der Waals surface area contributed by atoms with E-state index in [1.54, 1.807) is 48.5 Å². The minimum Gasteiger partial charge on any atom is -0.450 e. The number of rotatable bonds is 7. The van der Waals surface area contributed by atoms with Crippen molar-refractivity contribution in [2.24, 2.45) is 5.73 Å². The molecule has 1 atom stereocenters. The van der Waals surface area contributed by atoms with Crippen LogP contribution < -0.4 is 5.73 Å². The van der Waals surface area contributed by atoms with Crippen LogP contribution in [0.3, 0.4) is 0 Å². The van der Waals surface area contributed by atoms with Crippen molar-refractivity contribution in [2.75, 3.05) is 6.61 Å². The molecule has 2 N–H and O–H groups in total. The predicted octanol–water partition coefficient (Wildman–Crippen LogP) is 3.60. The maximum Gasteiger partial charge on any atom is 0.404 e. The van der Waals surface area contributed by atoms with Crippen molar-refractivity contribution in [2.45, 2.75) is 18.9 Å². The minimum absolute atomic E-state index is 0.0210. The Balaban J connectivity index is 1.64. The standard InChI is InChI=1S/C21H17ClN4O5/c22-13-9-7-12(8-10-13)17-24-25-18(31-17)16(6-3-11-30-21(23)29)26-19(27)14-4-1-2-5-15(14)20(26)28/h1-2,4-5,7-10,16H,3,6,11H2,(H2,23,29)/t16-/m0/s1. The third-order valence-electron chi connectivity index (χ3n) is 4.82. The number of nitrogens with two attached hydrogens (primary N) is 1. The van der Waals surface area contributed by atoms with Gasteiger partial charge >= 0.3 is 6.09 Å². The van der Waals surface area contributed by atoms with E-state index < -0.39 is 23.9 Å². The van der Waals surface area contributed by atoms with Gasteiger partial charge in [0.05, 0.1) is 17.7 Å². The molecular weight excluding hydrogens is 424 g/mol. The molecule has 0 fully saturated rings. The van der Waals surface area contributed by atoms with E-state index >= 15 is 0 Å². The van der Waals surface area contributed by atoms with Gasteiger partial charge in [-0.25, -0.2) is 4.79 Å². The summed E-state index contributed by atoms with van der Waals surface area (Å²) in [6, 6.07) is 12.5. The second-order valence-electron chi connectivity index (χ2n) is 6.80. The number of imide groups is 1. The predicted molar refractivity (Wildman–Crippen MR) is 109 cm³/mol. The highest BCUT2D eigenvalue weighted by Crippen LogP contribution is 2.34. The average molecular weight is 441 g/mol. The number of hydrogen-bond acceptors (Lipinski definition) is 7. The Hall–Kier alpha value is -3.72. The minimum atomic E-state index is -0.903. The fourth-order valence-corrected chi connectivity index (χ4v) is 3.51. The van der Waals surface area contributed by atoms with Crippen LogP contribution in [0.25, 0.3) is 11.5 Å². The van der Waals surface area contributed by atoms with E-state index in [2.05, 4.69) is 10.2 Å². The summed E-state index contributed by atoms with van der Waals surface area (Å²) in [4.78, 5) is 37.9. The lowest BCUT2D eigenvalue weighted by atomic mass is 10.1. The smallest absolute Gasteiger partial charge is 0.404 e. The van der Waals surface area contributed by atoms with Crippen molar-refractivity contribution < 1.29 is 23.5 Å². The Morgan fingerprint density at radius 3 is 2.32 bits per heavy atom. The molecule has 0 spiro atoms. The number of ether oxygens (including phenoxy) is 1. The largest absolute Gasteiger partial charge is 0.450 e. The first-order valence-electron chi connectivity index (χ1n) is 9.44. The highest BCUT2D eigenvalue weighted by Gasteiger charge is 2.42. The Labute approximate surface area is 181 Å². The van der Waals surface area contributed by atoms with Crippen LogP contribution in [0, 0.1) is 0 Å². The fourth-order valence-electron chi connectivity index (χ4n) is 3.38. The van der Waals surface area contributed by atoms with Gasteiger partial charge < -0.3 is 14.9 Å². The van der Waals surface area contributed by atoms with Gasteiger partial charge in [0.2, 0.25) is 11.8 Å². The molecule has 0 unspecified atom stereocenters. The van der Waals surface area contributed by atoms with Gasteiger partial charge in [-0.1, -0.05) is 23.7 Å². The second kappa shape index (κ2) is 8.57.